The van der Waals surface area contributed by atoms with Crippen molar-refractivity contribution in [3.8, 4) is 11.5 Å². The number of benzene rings is 2. The molecule has 0 spiro atoms. The van der Waals surface area contributed by atoms with Crippen LogP contribution in [-0.2, 0) is 0 Å². The predicted octanol–water partition coefficient (Wildman–Crippen LogP) is 2.96. The maximum absolute atomic E-state index is 12.0. The Kier molecular flexibility index (Phi) is 4.59. The average Bonchev–Trinajstić information content (AvgIpc) is 2.49. The summed E-state index contributed by atoms with van der Waals surface area (Å²) in [6.07, 6.45) is 0. The van der Waals surface area contributed by atoms with Gasteiger partial charge in [-0.05, 0) is 58.4 Å². The topological polar surface area (TPSA) is 85.4 Å². The van der Waals surface area contributed by atoms with Crippen LogP contribution in [-0.4, -0.2) is 18.9 Å². The maximum Gasteiger partial charge on any atom is 0.343 e. The molecule has 0 saturated heterocycles. The number of hydrogen-bond donors (Lipinski definition) is 2. The molecule has 0 aromatic heterocycles. The number of carbonyl (C=O) groups excluding carboxylic acids is 1. The van der Waals surface area contributed by atoms with Gasteiger partial charge >= 0.3 is 5.97 Å². The van der Waals surface area contributed by atoms with Crippen LogP contribution in [0.5, 0.6) is 11.5 Å². The Bertz CT molecular complexity index is 684. The minimum absolute atomic E-state index is 0.0521. The van der Waals surface area contributed by atoms with Gasteiger partial charge in [0.15, 0.2) is 0 Å². The summed E-state index contributed by atoms with van der Waals surface area (Å²) in [5, 5.41) is 7.35. The normalized spacial score (nSPS) is 10.0. The third-order valence-corrected chi connectivity index (χ3v) is 3.39. The summed E-state index contributed by atoms with van der Waals surface area (Å²) >= 11 is 3.29. The first-order chi connectivity index (χ1) is 10.0. The SMILES string of the molecule is COc1ccc(C(=O)Oc2ccc(C(=N)N)cc2Br)cc1. The van der Waals surface area contributed by atoms with Gasteiger partial charge in [0.25, 0.3) is 0 Å². The van der Waals surface area contributed by atoms with Crippen LogP contribution in [0.4, 0.5) is 0 Å². The molecule has 3 N–H and O–H groups in total. The second-order valence-corrected chi connectivity index (χ2v) is 5.03. The first-order valence-corrected chi connectivity index (χ1v) is 6.80. The maximum atomic E-state index is 12.0. The van der Waals surface area contributed by atoms with E-state index < -0.39 is 5.97 Å². The van der Waals surface area contributed by atoms with Crippen LogP contribution >= 0.6 is 15.9 Å². The Hall–Kier alpha value is -2.34. The van der Waals surface area contributed by atoms with Gasteiger partial charge in [-0.2, -0.15) is 0 Å². The monoisotopic (exact) mass is 348 g/mol. The van der Waals surface area contributed by atoms with E-state index in [1.54, 1.807) is 49.6 Å². The van der Waals surface area contributed by atoms with Crippen LogP contribution in [0.3, 0.4) is 0 Å². The van der Waals surface area contributed by atoms with Gasteiger partial charge < -0.3 is 15.2 Å². The highest BCUT2D eigenvalue weighted by atomic mass is 79.9. The molecule has 2 aromatic rings. The van der Waals surface area contributed by atoms with E-state index in [0.717, 1.165) is 0 Å². The summed E-state index contributed by atoms with van der Waals surface area (Å²) in [5.74, 6) is 0.497. The molecule has 0 unspecified atom stereocenters. The average molecular weight is 349 g/mol. The molecule has 0 aliphatic heterocycles. The smallest absolute Gasteiger partial charge is 0.343 e. The molecule has 21 heavy (non-hydrogen) atoms. The molecule has 2 aromatic carbocycles. The van der Waals surface area contributed by atoms with E-state index in [1.165, 1.54) is 0 Å². The van der Waals surface area contributed by atoms with Crippen LogP contribution in [0.15, 0.2) is 46.9 Å². The quantitative estimate of drug-likeness (QED) is 0.385. The molecule has 0 saturated carbocycles. The number of ether oxygens (including phenoxy) is 2. The highest BCUT2D eigenvalue weighted by molar-refractivity contribution is 9.10. The number of nitrogens with two attached hydrogens (primary N) is 1. The molecule has 0 fully saturated rings. The Morgan fingerprint density at radius 1 is 1.14 bits per heavy atom. The molecule has 0 amide bonds. The van der Waals surface area contributed by atoms with Crippen LogP contribution in [0.2, 0.25) is 0 Å². The molecule has 2 rings (SSSR count). The number of hydrogen-bond acceptors (Lipinski definition) is 4. The summed E-state index contributed by atoms with van der Waals surface area (Å²) in [4.78, 5) is 12.0. The fraction of sp³-hybridized carbons (Fsp3) is 0.0667. The molecule has 5 nitrogen and oxygen atoms in total. The van der Waals surface area contributed by atoms with E-state index in [2.05, 4.69) is 15.9 Å². The van der Waals surface area contributed by atoms with E-state index >= 15 is 0 Å². The first-order valence-electron chi connectivity index (χ1n) is 6.01. The van der Waals surface area contributed by atoms with Crippen LogP contribution in [0.1, 0.15) is 15.9 Å². The number of esters is 1. The van der Waals surface area contributed by atoms with Gasteiger partial charge in [0.1, 0.15) is 17.3 Å². The lowest BCUT2D eigenvalue weighted by Gasteiger charge is -2.08. The Morgan fingerprint density at radius 2 is 1.76 bits per heavy atom. The van der Waals surface area contributed by atoms with Crippen LogP contribution in [0.25, 0.3) is 0 Å². The zero-order chi connectivity index (χ0) is 15.4. The lowest BCUT2D eigenvalue weighted by Crippen LogP contribution is -2.12. The summed E-state index contributed by atoms with van der Waals surface area (Å²) in [5.41, 5.74) is 6.36. The molecule has 108 valence electrons. The number of halogens is 1. The fourth-order valence-corrected chi connectivity index (χ4v) is 2.10. The van der Waals surface area contributed by atoms with Gasteiger partial charge in [0, 0.05) is 5.56 Å². The third kappa shape index (κ3) is 3.61. The van der Waals surface area contributed by atoms with E-state index in [9.17, 15) is 4.79 Å². The first kappa shape index (κ1) is 15.1. The lowest BCUT2D eigenvalue weighted by atomic mass is 10.2. The van der Waals surface area contributed by atoms with Crippen molar-refractivity contribution in [1.82, 2.24) is 0 Å². The minimum atomic E-state index is -0.478. The van der Waals surface area contributed by atoms with Crippen molar-refractivity contribution in [2.24, 2.45) is 5.73 Å². The molecule has 0 heterocycles. The molecule has 0 atom stereocenters. The number of carbonyl (C=O) groups is 1. The van der Waals surface area contributed by atoms with Gasteiger partial charge in [0.05, 0.1) is 17.1 Å². The van der Waals surface area contributed by atoms with Crippen molar-refractivity contribution in [3.63, 3.8) is 0 Å². The van der Waals surface area contributed by atoms with Crippen molar-refractivity contribution in [2.45, 2.75) is 0 Å². The molecule has 0 bridgehead atoms. The summed E-state index contributed by atoms with van der Waals surface area (Å²) in [7, 11) is 1.56. The lowest BCUT2D eigenvalue weighted by molar-refractivity contribution is 0.0733. The minimum Gasteiger partial charge on any atom is -0.497 e. The van der Waals surface area contributed by atoms with Gasteiger partial charge in [-0.1, -0.05) is 0 Å². The highest BCUT2D eigenvalue weighted by Gasteiger charge is 2.12. The molecular formula is C15H13BrN2O3. The number of nitrogens with one attached hydrogen (secondary N) is 1. The standard InChI is InChI=1S/C15H13BrN2O3/c1-20-11-5-2-9(3-6-11)15(19)21-13-7-4-10(14(17)18)8-12(13)16/h2-8H,1H3,(H3,17,18). The molecule has 0 radical (unpaired) electrons. The van der Waals surface area contributed by atoms with E-state index in [1.807, 2.05) is 0 Å². The number of amidine groups is 1. The van der Waals surface area contributed by atoms with Crippen molar-refractivity contribution in [3.05, 3.63) is 58.1 Å². The van der Waals surface area contributed by atoms with Gasteiger partial charge in [-0.15, -0.1) is 0 Å². The molecule has 0 aliphatic rings. The predicted molar refractivity (Wildman–Crippen MR) is 83.1 cm³/mol. The second kappa shape index (κ2) is 6.41. The molecule has 6 heteroatoms. The van der Waals surface area contributed by atoms with Crippen molar-refractivity contribution >= 4 is 27.7 Å². The summed E-state index contributed by atoms with van der Waals surface area (Å²) in [6.45, 7) is 0. The van der Waals surface area contributed by atoms with Gasteiger partial charge in [0.2, 0.25) is 0 Å². The zero-order valence-electron chi connectivity index (χ0n) is 11.2. The van der Waals surface area contributed by atoms with Gasteiger partial charge in [-0.3, -0.25) is 5.41 Å². The van der Waals surface area contributed by atoms with Crippen molar-refractivity contribution < 1.29 is 14.3 Å². The number of rotatable bonds is 4. The third-order valence-electron chi connectivity index (χ3n) is 2.77. The molecule has 0 aliphatic carbocycles. The number of nitrogen functional groups attached to an aromatic ring is 1. The van der Waals surface area contributed by atoms with E-state index in [0.29, 0.717) is 27.1 Å². The van der Waals surface area contributed by atoms with Gasteiger partial charge in [-0.25, -0.2) is 4.79 Å². The van der Waals surface area contributed by atoms with Crippen molar-refractivity contribution in [1.29, 1.82) is 5.41 Å². The van der Waals surface area contributed by atoms with Crippen molar-refractivity contribution in [2.75, 3.05) is 7.11 Å². The summed E-state index contributed by atoms with van der Waals surface area (Å²) < 4.78 is 10.9. The van der Waals surface area contributed by atoms with E-state index in [4.69, 9.17) is 20.6 Å². The summed E-state index contributed by atoms with van der Waals surface area (Å²) in [6, 6.07) is 11.4. The Morgan fingerprint density at radius 3 is 2.29 bits per heavy atom. The fourth-order valence-electron chi connectivity index (χ4n) is 1.64. The largest absolute Gasteiger partial charge is 0.497 e. The zero-order valence-corrected chi connectivity index (χ0v) is 12.8. The van der Waals surface area contributed by atoms with E-state index in [-0.39, 0.29) is 5.84 Å². The highest BCUT2D eigenvalue weighted by Crippen LogP contribution is 2.27. The Balaban J connectivity index is 2.17. The Labute approximate surface area is 130 Å². The van der Waals surface area contributed by atoms with Crippen LogP contribution < -0.4 is 15.2 Å². The number of methoxy groups -OCH3 is 1. The van der Waals surface area contributed by atoms with Crippen LogP contribution in [0, 0.1) is 5.41 Å². The second-order valence-electron chi connectivity index (χ2n) is 4.18. The molecular weight excluding hydrogens is 336 g/mol.